The van der Waals surface area contributed by atoms with Gasteiger partial charge in [-0.05, 0) is 23.3 Å². The highest BCUT2D eigenvalue weighted by Gasteiger charge is 2.26. The average molecular weight is 248 g/mol. The SMILES string of the molecule is CC(CN)C(=O)N1Cc2ccc(C(=O)O)cc2C1. The van der Waals surface area contributed by atoms with E-state index < -0.39 is 5.97 Å². The third-order valence-electron chi connectivity index (χ3n) is 3.26. The maximum absolute atomic E-state index is 12.0. The third kappa shape index (κ3) is 2.22. The molecule has 2 rings (SSSR count). The number of amides is 1. The number of benzene rings is 1. The molecule has 0 aromatic heterocycles. The number of carboxylic acids is 1. The fraction of sp³-hybridized carbons (Fsp3) is 0.385. The summed E-state index contributed by atoms with van der Waals surface area (Å²) in [7, 11) is 0. The lowest BCUT2D eigenvalue weighted by atomic mass is 10.1. The van der Waals surface area contributed by atoms with Gasteiger partial charge in [0.15, 0.2) is 0 Å². The lowest BCUT2D eigenvalue weighted by molar-refractivity contribution is -0.135. The summed E-state index contributed by atoms with van der Waals surface area (Å²) in [6.07, 6.45) is 0. The maximum Gasteiger partial charge on any atom is 0.335 e. The highest BCUT2D eigenvalue weighted by Crippen LogP contribution is 2.25. The van der Waals surface area contributed by atoms with Gasteiger partial charge in [0.2, 0.25) is 5.91 Å². The number of nitrogens with zero attached hydrogens (tertiary/aromatic N) is 1. The quantitative estimate of drug-likeness (QED) is 0.829. The van der Waals surface area contributed by atoms with Gasteiger partial charge in [-0.2, -0.15) is 0 Å². The zero-order chi connectivity index (χ0) is 13.3. The lowest BCUT2D eigenvalue weighted by Crippen LogP contribution is -2.34. The minimum atomic E-state index is -0.946. The van der Waals surface area contributed by atoms with Crippen molar-refractivity contribution in [2.75, 3.05) is 6.54 Å². The van der Waals surface area contributed by atoms with Crippen LogP contribution in [0.3, 0.4) is 0 Å². The molecule has 5 heteroatoms. The van der Waals surface area contributed by atoms with Crippen LogP contribution in [-0.2, 0) is 17.9 Å². The Kier molecular flexibility index (Phi) is 3.34. The van der Waals surface area contributed by atoms with Gasteiger partial charge in [-0.1, -0.05) is 13.0 Å². The van der Waals surface area contributed by atoms with E-state index in [-0.39, 0.29) is 17.4 Å². The smallest absolute Gasteiger partial charge is 0.335 e. The van der Waals surface area contributed by atoms with Crippen molar-refractivity contribution in [1.29, 1.82) is 0 Å². The Morgan fingerprint density at radius 3 is 2.67 bits per heavy atom. The Morgan fingerprint density at radius 2 is 2.06 bits per heavy atom. The van der Waals surface area contributed by atoms with Gasteiger partial charge >= 0.3 is 5.97 Å². The maximum atomic E-state index is 12.0. The monoisotopic (exact) mass is 248 g/mol. The van der Waals surface area contributed by atoms with Crippen LogP contribution in [0.25, 0.3) is 0 Å². The van der Waals surface area contributed by atoms with E-state index in [1.54, 1.807) is 30.0 Å². The van der Waals surface area contributed by atoms with Crippen molar-refractivity contribution in [1.82, 2.24) is 4.90 Å². The van der Waals surface area contributed by atoms with Gasteiger partial charge in [-0.15, -0.1) is 0 Å². The van der Waals surface area contributed by atoms with Gasteiger partial charge < -0.3 is 15.7 Å². The van der Waals surface area contributed by atoms with E-state index in [4.69, 9.17) is 10.8 Å². The zero-order valence-corrected chi connectivity index (χ0v) is 10.2. The zero-order valence-electron chi connectivity index (χ0n) is 10.2. The van der Waals surface area contributed by atoms with Gasteiger partial charge in [0.1, 0.15) is 0 Å². The minimum absolute atomic E-state index is 0.0191. The van der Waals surface area contributed by atoms with Gasteiger partial charge in [-0.3, -0.25) is 4.79 Å². The van der Waals surface area contributed by atoms with Crippen LogP contribution >= 0.6 is 0 Å². The molecule has 0 radical (unpaired) electrons. The second-order valence-corrected chi connectivity index (χ2v) is 4.62. The summed E-state index contributed by atoms with van der Waals surface area (Å²) in [5.74, 6) is -1.12. The van der Waals surface area contributed by atoms with E-state index in [9.17, 15) is 9.59 Å². The topological polar surface area (TPSA) is 83.6 Å². The Morgan fingerprint density at radius 1 is 1.39 bits per heavy atom. The van der Waals surface area contributed by atoms with Crippen LogP contribution in [0.5, 0.6) is 0 Å². The molecule has 96 valence electrons. The molecule has 1 aromatic rings. The van der Waals surface area contributed by atoms with Crippen LogP contribution in [-0.4, -0.2) is 28.4 Å². The van der Waals surface area contributed by atoms with Crippen molar-refractivity contribution in [3.63, 3.8) is 0 Å². The standard InChI is InChI=1S/C13H16N2O3/c1-8(5-14)12(16)15-6-10-3-2-9(13(17)18)4-11(10)7-15/h2-4,8H,5-7,14H2,1H3,(H,17,18). The van der Waals surface area contributed by atoms with Crippen LogP contribution in [0.15, 0.2) is 18.2 Å². The molecular weight excluding hydrogens is 232 g/mol. The molecule has 1 aliphatic rings. The van der Waals surface area contributed by atoms with Crippen LogP contribution in [0, 0.1) is 5.92 Å². The molecule has 0 bridgehead atoms. The third-order valence-corrected chi connectivity index (χ3v) is 3.26. The number of carbonyl (C=O) groups is 2. The summed E-state index contributed by atoms with van der Waals surface area (Å²) in [5, 5.41) is 8.92. The fourth-order valence-corrected chi connectivity index (χ4v) is 2.10. The van der Waals surface area contributed by atoms with Crippen molar-refractivity contribution in [2.24, 2.45) is 11.7 Å². The Balaban J connectivity index is 2.18. The first-order valence-corrected chi connectivity index (χ1v) is 5.87. The van der Waals surface area contributed by atoms with Gasteiger partial charge in [0.05, 0.1) is 5.56 Å². The summed E-state index contributed by atoms with van der Waals surface area (Å²) in [5.41, 5.74) is 7.66. The number of hydrogen-bond acceptors (Lipinski definition) is 3. The lowest BCUT2D eigenvalue weighted by Gasteiger charge is -2.19. The first-order chi connectivity index (χ1) is 8.52. The predicted molar refractivity (Wildman–Crippen MR) is 65.9 cm³/mol. The average Bonchev–Trinajstić information content (AvgIpc) is 2.79. The van der Waals surface area contributed by atoms with Crippen molar-refractivity contribution in [3.05, 3.63) is 34.9 Å². The number of nitrogens with two attached hydrogens (primary N) is 1. The van der Waals surface area contributed by atoms with Crippen LogP contribution in [0.2, 0.25) is 0 Å². The highest BCUT2D eigenvalue weighted by atomic mass is 16.4. The Hall–Kier alpha value is -1.88. The molecule has 0 saturated carbocycles. The summed E-state index contributed by atoms with van der Waals surface area (Å²) in [4.78, 5) is 24.6. The molecule has 5 nitrogen and oxygen atoms in total. The first-order valence-electron chi connectivity index (χ1n) is 5.87. The molecule has 1 aliphatic heterocycles. The van der Waals surface area contributed by atoms with E-state index in [1.807, 2.05) is 0 Å². The van der Waals surface area contributed by atoms with Crippen LogP contribution in [0.4, 0.5) is 0 Å². The van der Waals surface area contributed by atoms with E-state index in [2.05, 4.69) is 0 Å². The molecule has 0 spiro atoms. The number of aromatic carboxylic acids is 1. The van der Waals surface area contributed by atoms with E-state index in [0.29, 0.717) is 19.6 Å². The minimum Gasteiger partial charge on any atom is -0.478 e. The van der Waals surface area contributed by atoms with Gasteiger partial charge in [0.25, 0.3) is 0 Å². The normalized spacial score (nSPS) is 15.3. The molecule has 3 N–H and O–H groups in total. The number of fused-ring (bicyclic) bond motifs is 1. The number of carboxylic acid groups (broad SMARTS) is 1. The van der Waals surface area contributed by atoms with Crippen molar-refractivity contribution in [3.8, 4) is 0 Å². The summed E-state index contributed by atoms with van der Waals surface area (Å²) in [6.45, 7) is 3.14. The van der Waals surface area contributed by atoms with Crippen molar-refractivity contribution in [2.45, 2.75) is 20.0 Å². The Bertz CT molecular complexity index is 499. The molecule has 0 fully saturated rings. The van der Waals surface area contributed by atoms with Gasteiger partial charge in [0, 0.05) is 25.6 Å². The van der Waals surface area contributed by atoms with E-state index >= 15 is 0 Å². The van der Waals surface area contributed by atoms with Crippen molar-refractivity contribution < 1.29 is 14.7 Å². The Labute approximate surface area is 105 Å². The number of rotatable bonds is 3. The predicted octanol–water partition coefficient (Wildman–Crippen LogP) is 0.822. The molecule has 18 heavy (non-hydrogen) atoms. The van der Waals surface area contributed by atoms with Crippen LogP contribution in [0.1, 0.15) is 28.4 Å². The second kappa shape index (κ2) is 4.78. The molecule has 0 saturated heterocycles. The molecule has 1 heterocycles. The summed E-state index contributed by atoms with van der Waals surface area (Å²) in [6, 6.07) is 4.98. The number of hydrogen-bond donors (Lipinski definition) is 2. The van der Waals surface area contributed by atoms with E-state index in [1.165, 1.54) is 0 Å². The second-order valence-electron chi connectivity index (χ2n) is 4.62. The number of carbonyl (C=O) groups excluding carboxylic acids is 1. The van der Waals surface area contributed by atoms with Gasteiger partial charge in [-0.25, -0.2) is 4.79 Å². The van der Waals surface area contributed by atoms with E-state index in [0.717, 1.165) is 11.1 Å². The molecule has 1 unspecified atom stereocenters. The molecule has 1 aromatic carbocycles. The molecule has 0 aliphatic carbocycles. The fourth-order valence-electron chi connectivity index (χ4n) is 2.10. The summed E-state index contributed by atoms with van der Waals surface area (Å²) < 4.78 is 0. The largest absolute Gasteiger partial charge is 0.478 e. The molecule has 1 atom stereocenters. The highest BCUT2D eigenvalue weighted by molar-refractivity contribution is 5.88. The molecular formula is C13H16N2O3. The summed E-state index contributed by atoms with van der Waals surface area (Å²) >= 11 is 0. The molecule has 1 amide bonds. The van der Waals surface area contributed by atoms with Crippen molar-refractivity contribution >= 4 is 11.9 Å². The first kappa shape index (κ1) is 12.6. The van der Waals surface area contributed by atoms with Crippen LogP contribution < -0.4 is 5.73 Å².